The van der Waals surface area contributed by atoms with Crippen LogP contribution in [-0.4, -0.2) is 64.6 Å². The fourth-order valence-electron chi connectivity index (χ4n) is 4.98. The van der Waals surface area contributed by atoms with E-state index in [1.54, 1.807) is 7.11 Å². The lowest BCUT2D eigenvalue weighted by atomic mass is 9.92. The molecule has 2 fully saturated rings. The van der Waals surface area contributed by atoms with E-state index in [2.05, 4.69) is 20.5 Å². The highest BCUT2D eigenvalue weighted by Gasteiger charge is 2.34. The van der Waals surface area contributed by atoms with Crippen LogP contribution in [0.5, 0.6) is 5.75 Å². The van der Waals surface area contributed by atoms with E-state index in [0.717, 1.165) is 48.1 Å². The number of ether oxygens (including phenoxy) is 1. The van der Waals surface area contributed by atoms with E-state index >= 15 is 0 Å². The van der Waals surface area contributed by atoms with Gasteiger partial charge in [-0.2, -0.15) is 0 Å². The molecule has 6 heteroatoms. The average molecular weight is 419 g/mol. The quantitative estimate of drug-likeness (QED) is 0.628. The highest BCUT2D eigenvalue weighted by molar-refractivity contribution is 5.95. The van der Waals surface area contributed by atoms with E-state index in [1.807, 2.05) is 55.3 Å². The Bertz CT molecular complexity index is 1120. The third-order valence-electron chi connectivity index (χ3n) is 7.05. The predicted molar refractivity (Wildman–Crippen MR) is 122 cm³/mol. The second kappa shape index (κ2) is 8.00. The molecule has 0 radical (unpaired) electrons. The summed E-state index contributed by atoms with van der Waals surface area (Å²) < 4.78 is 7.80. The maximum absolute atomic E-state index is 13.3. The van der Waals surface area contributed by atoms with Gasteiger partial charge in [-0.15, -0.1) is 0 Å². The molecule has 1 aliphatic carbocycles. The summed E-state index contributed by atoms with van der Waals surface area (Å²) in [6.07, 6.45) is 5.02. The number of nitrogens with zero attached hydrogens (tertiary/aromatic N) is 4. The van der Waals surface area contributed by atoms with Crippen molar-refractivity contribution < 1.29 is 9.53 Å². The Morgan fingerprint density at radius 3 is 2.71 bits per heavy atom. The van der Waals surface area contributed by atoms with Crippen molar-refractivity contribution in [1.29, 1.82) is 0 Å². The van der Waals surface area contributed by atoms with Gasteiger partial charge in [-0.05, 0) is 56.5 Å². The summed E-state index contributed by atoms with van der Waals surface area (Å²) in [5.41, 5.74) is 3.52. The van der Waals surface area contributed by atoms with E-state index in [0.29, 0.717) is 11.3 Å². The summed E-state index contributed by atoms with van der Waals surface area (Å²) in [6.45, 7) is 4.07. The summed E-state index contributed by atoms with van der Waals surface area (Å²) in [5.74, 6) is 1.61. The third-order valence-corrected chi connectivity index (χ3v) is 7.05. The van der Waals surface area contributed by atoms with Crippen molar-refractivity contribution >= 4 is 16.9 Å². The standard InChI is InChI=1S/C25H30N4O2/c1-17-26-21-9-4-5-10-22(21)29(17)23-12-11-18(15-24(23)31-3)25(30)27(2)20-13-14-28(16-20)19-7-6-8-19/h4-5,9-12,15,19-20H,6-8,13-14,16H2,1-3H3/t20-/m1/s1. The molecule has 162 valence electrons. The number of imidazole rings is 1. The van der Waals surface area contributed by atoms with Crippen LogP contribution in [0.25, 0.3) is 16.7 Å². The molecule has 1 saturated carbocycles. The van der Waals surface area contributed by atoms with Crippen LogP contribution in [0, 0.1) is 6.92 Å². The number of likely N-dealkylation sites (N-methyl/N-ethyl adjacent to an activating group) is 1. The second-order valence-corrected chi connectivity index (χ2v) is 8.81. The van der Waals surface area contributed by atoms with Crippen LogP contribution in [-0.2, 0) is 0 Å². The van der Waals surface area contributed by atoms with Gasteiger partial charge in [-0.1, -0.05) is 18.6 Å². The van der Waals surface area contributed by atoms with E-state index in [9.17, 15) is 4.79 Å². The third kappa shape index (κ3) is 3.49. The largest absolute Gasteiger partial charge is 0.495 e. The molecule has 1 amide bonds. The normalized spacial score (nSPS) is 19.5. The van der Waals surface area contributed by atoms with Gasteiger partial charge in [0.05, 0.1) is 23.8 Å². The first-order chi connectivity index (χ1) is 15.1. The highest BCUT2D eigenvalue weighted by atomic mass is 16.5. The van der Waals surface area contributed by atoms with Crippen LogP contribution in [0.2, 0.25) is 0 Å². The number of methoxy groups -OCH3 is 1. The van der Waals surface area contributed by atoms with Crippen LogP contribution >= 0.6 is 0 Å². The number of hydrogen-bond acceptors (Lipinski definition) is 4. The monoisotopic (exact) mass is 418 g/mol. The van der Waals surface area contributed by atoms with Crippen molar-refractivity contribution in [2.45, 2.75) is 44.7 Å². The molecule has 2 aliphatic rings. The van der Waals surface area contributed by atoms with Crippen molar-refractivity contribution in [2.75, 3.05) is 27.2 Å². The number of carbonyl (C=O) groups excluding carboxylic acids is 1. The molecule has 0 N–H and O–H groups in total. The van der Waals surface area contributed by atoms with Gasteiger partial charge < -0.3 is 9.64 Å². The van der Waals surface area contributed by atoms with Gasteiger partial charge in [0.25, 0.3) is 5.91 Å². The van der Waals surface area contributed by atoms with Crippen LogP contribution in [0.1, 0.15) is 41.9 Å². The van der Waals surface area contributed by atoms with Crippen LogP contribution < -0.4 is 4.74 Å². The topological polar surface area (TPSA) is 50.6 Å². The lowest BCUT2D eigenvalue weighted by molar-refractivity contribution is 0.0719. The number of aryl methyl sites for hydroxylation is 1. The van der Waals surface area contributed by atoms with Crippen molar-refractivity contribution in [3.8, 4) is 11.4 Å². The molecule has 6 nitrogen and oxygen atoms in total. The molecule has 0 bridgehead atoms. The zero-order chi connectivity index (χ0) is 21.5. The van der Waals surface area contributed by atoms with E-state index in [4.69, 9.17) is 4.74 Å². The van der Waals surface area contributed by atoms with Crippen LogP contribution in [0.15, 0.2) is 42.5 Å². The van der Waals surface area contributed by atoms with Gasteiger partial charge >= 0.3 is 0 Å². The minimum absolute atomic E-state index is 0.0533. The number of carbonyl (C=O) groups is 1. The van der Waals surface area contributed by atoms with Gasteiger partial charge in [0, 0.05) is 37.8 Å². The number of rotatable bonds is 5. The molecule has 31 heavy (non-hydrogen) atoms. The van der Waals surface area contributed by atoms with Crippen molar-refractivity contribution in [2.24, 2.45) is 0 Å². The Morgan fingerprint density at radius 2 is 1.97 bits per heavy atom. The average Bonchev–Trinajstić information content (AvgIpc) is 3.35. The molecule has 1 aliphatic heterocycles. The molecule has 3 aromatic rings. The maximum atomic E-state index is 13.3. The molecule has 1 aromatic heterocycles. The first-order valence-electron chi connectivity index (χ1n) is 11.2. The number of amides is 1. The van der Waals surface area contributed by atoms with Crippen LogP contribution in [0.4, 0.5) is 0 Å². The van der Waals surface area contributed by atoms with Crippen molar-refractivity contribution in [1.82, 2.24) is 19.4 Å². The fraction of sp³-hybridized carbons (Fsp3) is 0.440. The second-order valence-electron chi connectivity index (χ2n) is 8.81. The number of aromatic nitrogens is 2. The molecule has 2 aromatic carbocycles. The lowest BCUT2D eigenvalue weighted by Crippen LogP contribution is -2.43. The van der Waals surface area contributed by atoms with Gasteiger partial charge in [0.15, 0.2) is 0 Å². The Balaban J connectivity index is 1.41. The first kappa shape index (κ1) is 20.1. The van der Waals surface area contributed by atoms with Gasteiger partial charge in [-0.3, -0.25) is 14.3 Å². The molecule has 5 rings (SSSR count). The minimum Gasteiger partial charge on any atom is -0.495 e. The Labute approximate surface area is 183 Å². The number of likely N-dealkylation sites (tertiary alicyclic amines) is 1. The Morgan fingerprint density at radius 1 is 1.16 bits per heavy atom. The Kier molecular flexibility index (Phi) is 5.18. The number of hydrogen-bond donors (Lipinski definition) is 0. The summed E-state index contributed by atoms with van der Waals surface area (Å²) in [4.78, 5) is 22.4. The molecule has 2 heterocycles. The predicted octanol–water partition coefficient (Wildman–Crippen LogP) is 4.04. The molecular formula is C25H30N4O2. The summed E-state index contributed by atoms with van der Waals surface area (Å²) in [5, 5.41) is 0. The van der Waals surface area contributed by atoms with Gasteiger partial charge in [0.2, 0.25) is 0 Å². The molecule has 1 atom stereocenters. The molecule has 0 spiro atoms. The van der Waals surface area contributed by atoms with Crippen molar-refractivity contribution in [3.05, 3.63) is 53.9 Å². The number of benzene rings is 2. The zero-order valence-corrected chi connectivity index (χ0v) is 18.5. The summed E-state index contributed by atoms with van der Waals surface area (Å²) in [7, 11) is 3.59. The van der Waals surface area contributed by atoms with E-state index in [1.165, 1.54) is 19.3 Å². The van der Waals surface area contributed by atoms with E-state index < -0.39 is 0 Å². The zero-order valence-electron chi connectivity index (χ0n) is 18.5. The number of para-hydroxylation sites is 2. The SMILES string of the molecule is COc1cc(C(=O)N(C)[C@@H]2CCN(C3CCC3)C2)ccc1-n1c(C)nc2ccccc21. The first-order valence-corrected chi connectivity index (χ1v) is 11.2. The number of fused-ring (bicyclic) bond motifs is 1. The van der Waals surface area contributed by atoms with E-state index in [-0.39, 0.29) is 11.9 Å². The van der Waals surface area contributed by atoms with Gasteiger partial charge in [0.1, 0.15) is 11.6 Å². The molecule has 0 unspecified atom stereocenters. The summed E-state index contributed by atoms with van der Waals surface area (Å²) >= 11 is 0. The minimum atomic E-state index is 0.0533. The smallest absolute Gasteiger partial charge is 0.254 e. The Hall–Kier alpha value is -2.86. The van der Waals surface area contributed by atoms with Gasteiger partial charge in [-0.25, -0.2) is 4.98 Å². The molecule has 1 saturated heterocycles. The maximum Gasteiger partial charge on any atom is 0.254 e. The lowest BCUT2D eigenvalue weighted by Gasteiger charge is -2.35. The molecular weight excluding hydrogens is 388 g/mol. The van der Waals surface area contributed by atoms with Crippen LogP contribution in [0.3, 0.4) is 0 Å². The summed E-state index contributed by atoms with van der Waals surface area (Å²) in [6, 6.07) is 14.8. The van der Waals surface area contributed by atoms with Crippen molar-refractivity contribution in [3.63, 3.8) is 0 Å². The highest BCUT2D eigenvalue weighted by Crippen LogP contribution is 2.31. The fourth-order valence-corrected chi connectivity index (χ4v) is 4.98.